The van der Waals surface area contributed by atoms with Crippen molar-refractivity contribution >= 4 is 23.9 Å². The van der Waals surface area contributed by atoms with E-state index in [1.807, 2.05) is 65.0 Å². The van der Waals surface area contributed by atoms with E-state index in [1.165, 1.54) is 0 Å². The second kappa shape index (κ2) is 15.2. The largest absolute Gasteiger partial charge is 0.444 e. The van der Waals surface area contributed by atoms with E-state index >= 15 is 0 Å². The molecular formula is C31H49N5O6. The van der Waals surface area contributed by atoms with E-state index in [2.05, 4.69) is 16.0 Å². The third-order valence-corrected chi connectivity index (χ3v) is 7.63. The first-order chi connectivity index (χ1) is 19.9. The number of ether oxygens (including phenoxy) is 1. The number of piperidine rings is 1. The smallest absolute Gasteiger partial charge is 0.410 e. The number of benzene rings is 1. The zero-order chi connectivity index (χ0) is 30.9. The molecule has 2 aliphatic heterocycles. The lowest BCUT2D eigenvalue weighted by molar-refractivity contribution is -0.126. The first kappa shape index (κ1) is 33.2. The number of hydrogen-bond donors (Lipinski definition) is 4. The van der Waals surface area contributed by atoms with E-state index in [0.29, 0.717) is 58.3 Å². The van der Waals surface area contributed by atoms with E-state index in [1.54, 1.807) is 9.80 Å². The highest BCUT2D eigenvalue weighted by Crippen LogP contribution is 2.22. The number of likely N-dealkylation sites (tertiary alicyclic amines) is 1. The number of urea groups is 1. The number of carbonyl (C=O) groups excluding carboxylic acids is 4. The molecule has 11 nitrogen and oxygen atoms in total. The van der Waals surface area contributed by atoms with Gasteiger partial charge in [0.2, 0.25) is 11.8 Å². The third-order valence-electron chi connectivity index (χ3n) is 7.63. The number of nitrogens with one attached hydrogen (secondary N) is 3. The molecule has 1 aromatic rings. The van der Waals surface area contributed by atoms with E-state index in [4.69, 9.17) is 4.74 Å². The number of nitrogens with zero attached hydrogens (tertiary/aromatic N) is 2. The van der Waals surface area contributed by atoms with E-state index in [9.17, 15) is 24.3 Å². The number of carbonyl (C=O) groups is 4. The molecule has 2 fully saturated rings. The maximum atomic E-state index is 13.9. The molecule has 2 aliphatic rings. The van der Waals surface area contributed by atoms with Crippen LogP contribution in [0.15, 0.2) is 30.3 Å². The predicted molar refractivity (Wildman–Crippen MR) is 159 cm³/mol. The fourth-order valence-corrected chi connectivity index (χ4v) is 5.46. The number of hydrogen-bond acceptors (Lipinski definition) is 6. The van der Waals surface area contributed by atoms with Gasteiger partial charge in [0.1, 0.15) is 11.6 Å². The summed E-state index contributed by atoms with van der Waals surface area (Å²) in [5.74, 6) is -0.583. The van der Waals surface area contributed by atoms with Crippen LogP contribution in [0.2, 0.25) is 0 Å². The zero-order valence-electron chi connectivity index (χ0n) is 25.7. The molecule has 2 saturated heterocycles. The van der Waals surface area contributed by atoms with E-state index < -0.39 is 17.7 Å². The number of rotatable bonds is 11. The Kier molecular flexibility index (Phi) is 12.0. The van der Waals surface area contributed by atoms with Gasteiger partial charge in [0.05, 0.1) is 12.6 Å². The zero-order valence-corrected chi connectivity index (χ0v) is 25.7. The molecule has 0 spiro atoms. The second-order valence-electron chi connectivity index (χ2n) is 12.8. The van der Waals surface area contributed by atoms with Crippen molar-refractivity contribution in [3.8, 4) is 0 Å². The van der Waals surface area contributed by atoms with Gasteiger partial charge in [-0.2, -0.15) is 0 Å². The van der Waals surface area contributed by atoms with Crippen LogP contribution in [0.5, 0.6) is 0 Å². The van der Waals surface area contributed by atoms with Crippen molar-refractivity contribution in [2.45, 2.75) is 97.0 Å². The molecule has 0 saturated carbocycles. The highest BCUT2D eigenvalue weighted by Gasteiger charge is 2.34. The fourth-order valence-electron chi connectivity index (χ4n) is 5.46. The van der Waals surface area contributed by atoms with Gasteiger partial charge in [-0.3, -0.25) is 9.59 Å². The van der Waals surface area contributed by atoms with Crippen LogP contribution in [-0.4, -0.2) is 88.8 Å². The topological polar surface area (TPSA) is 140 Å². The van der Waals surface area contributed by atoms with Gasteiger partial charge in [0.15, 0.2) is 0 Å². The summed E-state index contributed by atoms with van der Waals surface area (Å²) in [6.45, 7) is 11.0. The Bertz CT molecular complexity index is 1050. The first-order valence-electron chi connectivity index (χ1n) is 15.1. The Labute approximate surface area is 249 Å². The van der Waals surface area contributed by atoms with E-state index in [-0.39, 0.29) is 48.4 Å². The molecular weight excluding hydrogens is 538 g/mol. The van der Waals surface area contributed by atoms with Crippen molar-refractivity contribution in [1.29, 1.82) is 0 Å². The molecule has 0 aromatic heterocycles. The van der Waals surface area contributed by atoms with Crippen molar-refractivity contribution in [3.63, 3.8) is 0 Å². The molecule has 234 valence electrons. The van der Waals surface area contributed by atoms with Gasteiger partial charge in [-0.05, 0) is 64.4 Å². The van der Waals surface area contributed by atoms with Gasteiger partial charge in [-0.15, -0.1) is 0 Å². The summed E-state index contributed by atoms with van der Waals surface area (Å²) in [5.41, 5.74) is 0.375. The monoisotopic (exact) mass is 587 g/mol. The Morgan fingerprint density at radius 1 is 1.10 bits per heavy atom. The first-order valence-corrected chi connectivity index (χ1v) is 15.1. The molecule has 5 amide bonds. The van der Waals surface area contributed by atoms with Crippen LogP contribution < -0.4 is 16.0 Å². The van der Waals surface area contributed by atoms with Crippen LogP contribution in [0.25, 0.3) is 0 Å². The lowest BCUT2D eigenvalue weighted by Crippen LogP contribution is -2.57. The molecule has 1 aromatic carbocycles. The third kappa shape index (κ3) is 10.2. The van der Waals surface area contributed by atoms with Crippen molar-refractivity contribution in [2.24, 2.45) is 11.8 Å². The van der Waals surface area contributed by atoms with E-state index in [0.717, 1.165) is 5.56 Å². The quantitative estimate of drug-likeness (QED) is 0.314. The normalized spacial score (nSPS) is 19.2. The molecule has 2 unspecified atom stereocenters. The van der Waals surface area contributed by atoms with Gasteiger partial charge in [-0.25, -0.2) is 9.59 Å². The maximum absolute atomic E-state index is 13.9. The van der Waals surface area contributed by atoms with Gasteiger partial charge in [0.25, 0.3) is 0 Å². The average molecular weight is 588 g/mol. The summed E-state index contributed by atoms with van der Waals surface area (Å²) in [4.78, 5) is 55.3. The molecule has 3 rings (SSSR count). The Morgan fingerprint density at radius 3 is 2.31 bits per heavy atom. The molecule has 3 atom stereocenters. The summed E-state index contributed by atoms with van der Waals surface area (Å²) >= 11 is 0. The van der Waals surface area contributed by atoms with Crippen LogP contribution in [0, 0.1) is 11.8 Å². The highest BCUT2D eigenvalue weighted by atomic mass is 16.6. The minimum absolute atomic E-state index is 0.0657. The number of aliphatic hydroxyl groups is 1. The molecule has 4 N–H and O–H groups in total. The van der Waals surface area contributed by atoms with Crippen LogP contribution in [0.1, 0.15) is 72.3 Å². The molecule has 2 heterocycles. The predicted octanol–water partition coefficient (Wildman–Crippen LogP) is 3.02. The minimum atomic E-state index is -0.816. The molecule has 11 heteroatoms. The second-order valence-corrected chi connectivity index (χ2v) is 12.8. The SMILES string of the molecule is CC(C)CC(NC(=O)N(Cc1ccccc1)C1CCN(C(=O)OC(C)(C)C)CC1)C(=O)NC(CO)C[C@@H]1CCNC1=O. The Hall–Kier alpha value is -3.34. The van der Waals surface area contributed by atoms with Crippen LogP contribution in [0.3, 0.4) is 0 Å². The minimum Gasteiger partial charge on any atom is -0.444 e. The average Bonchev–Trinajstić information content (AvgIpc) is 3.34. The van der Waals surface area contributed by atoms with Gasteiger partial charge < -0.3 is 35.6 Å². The van der Waals surface area contributed by atoms with Crippen molar-refractivity contribution < 1.29 is 29.0 Å². The Balaban J connectivity index is 1.71. The molecule has 0 radical (unpaired) electrons. The van der Waals surface area contributed by atoms with Crippen LogP contribution in [0.4, 0.5) is 9.59 Å². The summed E-state index contributed by atoms with van der Waals surface area (Å²) in [5, 5.41) is 18.6. The van der Waals surface area contributed by atoms with Crippen LogP contribution >= 0.6 is 0 Å². The number of aliphatic hydroxyl groups excluding tert-OH is 1. The summed E-state index contributed by atoms with van der Waals surface area (Å²) in [6, 6.07) is 7.78. The molecule has 0 aliphatic carbocycles. The molecule has 42 heavy (non-hydrogen) atoms. The molecule has 0 bridgehead atoms. The van der Waals surface area contributed by atoms with Crippen molar-refractivity contribution in [3.05, 3.63) is 35.9 Å². The lowest BCUT2D eigenvalue weighted by atomic mass is 9.97. The van der Waals surface area contributed by atoms with Crippen LogP contribution in [-0.2, 0) is 20.9 Å². The van der Waals surface area contributed by atoms with Crippen molar-refractivity contribution in [1.82, 2.24) is 25.8 Å². The standard InChI is InChI=1S/C31H49N5O6/c1-21(2)17-26(28(39)33-24(20-37)18-23-11-14-32-27(23)38)34-29(40)36(19-22-9-7-6-8-10-22)25-12-15-35(16-13-25)30(41)42-31(3,4)5/h6-10,21,23-26,37H,11-20H2,1-5H3,(H,32,38)(H,33,39)(H,34,40)/t23-,24?,26?/m0/s1. The van der Waals surface area contributed by atoms with Gasteiger partial charge in [0, 0.05) is 38.1 Å². The maximum Gasteiger partial charge on any atom is 0.410 e. The van der Waals surface area contributed by atoms with Gasteiger partial charge in [-0.1, -0.05) is 44.2 Å². The highest BCUT2D eigenvalue weighted by molar-refractivity contribution is 5.87. The van der Waals surface area contributed by atoms with Crippen molar-refractivity contribution in [2.75, 3.05) is 26.2 Å². The fraction of sp³-hybridized carbons (Fsp3) is 0.677. The number of amides is 5. The summed E-state index contributed by atoms with van der Waals surface area (Å²) in [7, 11) is 0. The Morgan fingerprint density at radius 2 is 1.76 bits per heavy atom. The lowest BCUT2D eigenvalue weighted by Gasteiger charge is -2.39. The summed E-state index contributed by atoms with van der Waals surface area (Å²) < 4.78 is 5.53. The summed E-state index contributed by atoms with van der Waals surface area (Å²) in [6.07, 6.45) is 2.22. The van der Waals surface area contributed by atoms with Gasteiger partial charge >= 0.3 is 12.1 Å².